The number of rotatable bonds is 1. The molecule has 2 rings (SSSR count). The molecule has 1 aromatic rings. The molecule has 0 N–H and O–H groups in total. The van der Waals surface area contributed by atoms with E-state index in [4.69, 9.17) is 4.74 Å². The van der Waals surface area contributed by atoms with Crippen molar-refractivity contribution in [3.63, 3.8) is 0 Å². The van der Waals surface area contributed by atoms with E-state index in [1.165, 1.54) is 12.1 Å². The van der Waals surface area contributed by atoms with Gasteiger partial charge in [-0.15, -0.1) is 0 Å². The van der Waals surface area contributed by atoms with Gasteiger partial charge in [-0.05, 0) is 11.6 Å². The SMILES string of the molecule is FC(F)(F)c1ccccc1[C@H]1CO1. The molecule has 0 bridgehead atoms. The average molecular weight is 188 g/mol. The van der Waals surface area contributed by atoms with Crippen LogP contribution in [0.1, 0.15) is 17.2 Å². The van der Waals surface area contributed by atoms with Gasteiger partial charge in [-0.25, -0.2) is 0 Å². The van der Waals surface area contributed by atoms with Crippen LogP contribution in [-0.2, 0) is 10.9 Å². The number of ether oxygens (including phenoxy) is 1. The van der Waals surface area contributed by atoms with E-state index >= 15 is 0 Å². The standard InChI is InChI=1S/C9H7F3O/c10-9(11,12)7-4-2-1-3-6(7)8-5-13-8/h1-4,8H,5H2/t8-/m1/s1. The maximum absolute atomic E-state index is 12.4. The lowest BCUT2D eigenvalue weighted by Crippen LogP contribution is -2.08. The Morgan fingerprint density at radius 3 is 2.38 bits per heavy atom. The number of benzene rings is 1. The molecular weight excluding hydrogens is 181 g/mol. The molecule has 1 nitrogen and oxygen atoms in total. The lowest BCUT2D eigenvalue weighted by molar-refractivity contribution is -0.138. The Morgan fingerprint density at radius 1 is 1.23 bits per heavy atom. The summed E-state index contributed by atoms with van der Waals surface area (Å²) in [4.78, 5) is 0. The van der Waals surface area contributed by atoms with E-state index in [1.807, 2.05) is 0 Å². The van der Waals surface area contributed by atoms with Crippen LogP contribution in [0.2, 0.25) is 0 Å². The van der Waals surface area contributed by atoms with Gasteiger partial charge in [0.15, 0.2) is 0 Å². The fraction of sp³-hybridized carbons (Fsp3) is 0.333. The van der Waals surface area contributed by atoms with Crippen molar-refractivity contribution in [1.82, 2.24) is 0 Å². The highest BCUT2D eigenvalue weighted by molar-refractivity contribution is 5.33. The van der Waals surface area contributed by atoms with E-state index in [-0.39, 0.29) is 11.7 Å². The smallest absolute Gasteiger partial charge is 0.368 e. The Bertz CT molecular complexity index is 315. The van der Waals surface area contributed by atoms with E-state index in [0.717, 1.165) is 6.07 Å². The van der Waals surface area contributed by atoms with Crippen LogP contribution in [0.25, 0.3) is 0 Å². The Balaban J connectivity index is 2.43. The maximum Gasteiger partial charge on any atom is 0.416 e. The van der Waals surface area contributed by atoms with Crippen molar-refractivity contribution >= 4 is 0 Å². The van der Waals surface area contributed by atoms with Gasteiger partial charge in [-0.2, -0.15) is 13.2 Å². The van der Waals surface area contributed by atoms with Crippen molar-refractivity contribution in [2.45, 2.75) is 12.3 Å². The molecule has 1 aromatic carbocycles. The third-order valence-corrected chi connectivity index (χ3v) is 1.95. The molecule has 1 aliphatic rings. The molecule has 1 aliphatic heterocycles. The van der Waals surface area contributed by atoms with Gasteiger partial charge in [0, 0.05) is 0 Å². The molecule has 0 unspecified atom stereocenters. The first kappa shape index (κ1) is 8.56. The normalized spacial score (nSPS) is 21.6. The van der Waals surface area contributed by atoms with Crippen molar-refractivity contribution in [3.05, 3.63) is 35.4 Å². The van der Waals surface area contributed by atoms with Gasteiger partial charge in [0.2, 0.25) is 0 Å². The van der Waals surface area contributed by atoms with Crippen molar-refractivity contribution in [3.8, 4) is 0 Å². The molecule has 1 heterocycles. The minimum absolute atomic E-state index is 0.245. The summed E-state index contributed by atoms with van der Waals surface area (Å²) in [5.74, 6) is 0. The van der Waals surface area contributed by atoms with Gasteiger partial charge in [-0.3, -0.25) is 0 Å². The zero-order chi connectivity index (χ0) is 9.47. The summed E-state index contributed by atoms with van der Waals surface area (Å²) < 4.78 is 42.0. The third kappa shape index (κ3) is 1.67. The molecule has 0 radical (unpaired) electrons. The quantitative estimate of drug-likeness (QED) is 0.617. The second-order valence-electron chi connectivity index (χ2n) is 2.91. The van der Waals surface area contributed by atoms with Crippen LogP contribution in [0.4, 0.5) is 13.2 Å². The molecular formula is C9H7F3O. The number of halogens is 3. The van der Waals surface area contributed by atoms with E-state index in [1.54, 1.807) is 6.07 Å². The molecule has 13 heavy (non-hydrogen) atoms. The Kier molecular flexibility index (Phi) is 1.80. The maximum atomic E-state index is 12.4. The Morgan fingerprint density at radius 2 is 1.85 bits per heavy atom. The predicted octanol–water partition coefficient (Wildman–Crippen LogP) is 2.78. The van der Waals surface area contributed by atoms with Crippen molar-refractivity contribution < 1.29 is 17.9 Å². The number of epoxide rings is 1. The monoisotopic (exact) mass is 188 g/mol. The largest absolute Gasteiger partial charge is 0.416 e. The Labute approximate surface area is 73.1 Å². The van der Waals surface area contributed by atoms with Crippen molar-refractivity contribution in [1.29, 1.82) is 0 Å². The zero-order valence-corrected chi connectivity index (χ0v) is 6.64. The molecule has 0 spiro atoms. The summed E-state index contributed by atoms with van der Waals surface area (Å²) >= 11 is 0. The van der Waals surface area contributed by atoms with Crippen LogP contribution in [0.15, 0.2) is 24.3 Å². The fourth-order valence-corrected chi connectivity index (χ4v) is 1.26. The molecule has 1 saturated heterocycles. The fourth-order valence-electron chi connectivity index (χ4n) is 1.26. The first-order chi connectivity index (χ1) is 6.09. The molecule has 0 aliphatic carbocycles. The van der Waals surface area contributed by atoms with E-state index in [2.05, 4.69) is 0 Å². The highest BCUT2D eigenvalue weighted by Crippen LogP contribution is 2.39. The van der Waals surface area contributed by atoms with E-state index in [0.29, 0.717) is 6.61 Å². The van der Waals surface area contributed by atoms with Crippen molar-refractivity contribution in [2.75, 3.05) is 6.61 Å². The molecule has 0 aromatic heterocycles. The zero-order valence-electron chi connectivity index (χ0n) is 6.64. The van der Waals surface area contributed by atoms with Gasteiger partial charge in [0.1, 0.15) is 6.10 Å². The molecule has 4 heteroatoms. The van der Waals surface area contributed by atoms with Gasteiger partial charge in [-0.1, -0.05) is 18.2 Å². The molecule has 0 saturated carbocycles. The summed E-state index contributed by atoms with van der Waals surface area (Å²) in [6.07, 6.45) is -4.62. The number of hydrogen-bond donors (Lipinski definition) is 0. The van der Waals surface area contributed by atoms with Gasteiger partial charge >= 0.3 is 6.18 Å². The van der Waals surface area contributed by atoms with Gasteiger partial charge in [0.05, 0.1) is 12.2 Å². The average Bonchev–Trinajstić information content (AvgIpc) is 2.85. The second-order valence-corrected chi connectivity index (χ2v) is 2.91. The summed E-state index contributed by atoms with van der Waals surface area (Å²) in [5.41, 5.74) is -0.340. The van der Waals surface area contributed by atoms with Crippen LogP contribution in [0, 0.1) is 0 Å². The van der Waals surface area contributed by atoms with Gasteiger partial charge in [0.25, 0.3) is 0 Å². The first-order valence-corrected chi connectivity index (χ1v) is 3.87. The van der Waals surface area contributed by atoms with Crippen LogP contribution < -0.4 is 0 Å². The number of hydrogen-bond acceptors (Lipinski definition) is 1. The minimum Gasteiger partial charge on any atom is -0.368 e. The molecule has 0 amide bonds. The lowest BCUT2D eigenvalue weighted by Gasteiger charge is -2.10. The van der Waals surface area contributed by atoms with Crippen molar-refractivity contribution in [2.24, 2.45) is 0 Å². The Hall–Kier alpha value is -1.03. The summed E-state index contributed by atoms with van der Waals surface area (Å²) in [7, 11) is 0. The first-order valence-electron chi connectivity index (χ1n) is 3.87. The summed E-state index contributed by atoms with van der Waals surface area (Å²) in [6, 6.07) is 5.51. The highest BCUT2D eigenvalue weighted by Gasteiger charge is 2.38. The number of alkyl halides is 3. The highest BCUT2D eigenvalue weighted by atomic mass is 19.4. The lowest BCUT2D eigenvalue weighted by atomic mass is 10.0. The third-order valence-electron chi connectivity index (χ3n) is 1.95. The second kappa shape index (κ2) is 2.73. The van der Waals surface area contributed by atoms with Gasteiger partial charge < -0.3 is 4.74 Å². The minimum atomic E-state index is -4.28. The molecule has 1 fully saturated rings. The van der Waals surface area contributed by atoms with E-state index in [9.17, 15) is 13.2 Å². The summed E-state index contributed by atoms with van der Waals surface area (Å²) in [5, 5.41) is 0. The molecule has 1 atom stereocenters. The van der Waals surface area contributed by atoms with Crippen LogP contribution in [-0.4, -0.2) is 6.61 Å². The molecule has 70 valence electrons. The summed E-state index contributed by atoms with van der Waals surface area (Å²) in [6.45, 7) is 0.396. The topological polar surface area (TPSA) is 12.5 Å². The predicted molar refractivity (Wildman–Crippen MR) is 40.1 cm³/mol. The van der Waals surface area contributed by atoms with E-state index < -0.39 is 11.7 Å². The van der Waals surface area contributed by atoms with Crippen LogP contribution in [0.3, 0.4) is 0 Å². The van der Waals surface area contributed by atoms with Crippen LogP contribution >= 0.6 is 0 Å². The van der Waals surface area contributed by atoms with Crippen LogP contribution in [0.5, 0.6) is 0 Å².